The summed E-state index contributed by atoms with van der Waals surface area (Å²) in [7, 11) is 0. The highest BCUT2D eigenvalue weighted by molar-refractivity contribution is 7.13. The Hall–Kier alpha value is -1.69. The maximum Gasteiger partial charge on any atom is 0.183 e. The highest BCUT2D eigenvalue weighted by Crippen LogP contribution is 2.38. The molecule has 3 heterocycles. The molecule has 1 N–H and O–H groups in total. The molecule has 2 aromatic rings. The normalized spacial score (nSPS) is 19.4. The van der Waals surface area contributed by atoms with E-state index in [1.807, 2.05) is 19.2 Å². The summed E-state index contributed by atoms with van der Waals surface area (Å²) in [6.45, 7) is 4.13. The first-order valence-corrected chi connectivity index (χ1v) is 8.92. The monoisotopic (exact) mass is 315 g/mol. The smallest absolute Gasteiger partial charge is 0.183 e. The minimum absolute atomic E-state index is 0.520. The molecule has 5 nitrogen and oxygen atoms in total. The van der Waals surface area contributed by atoms with Crippen LogP contribution in [0.4, 0.5) is 10.9 Å². The van der Waals surface area contributed by atoms with Crippen molar-refractivity contribution in [3.8, 4) is 0 Å². The van der Waals surface area contributed by atoms with Crippen molar-refractivity contribution < 1.29 is 0 Å². The van der Waals surface area contributed by atoms with Gasteiger partial charge >= 0.3 is 0 Å². The largest absolute Gasteiger partial charge is 0.359 e. The van der Waals surface area contributed by atoms with Gasteiger partial charge in [-0.2, -0.15) is 0 Å². The highest BCUT2D eigenvalue weighted by atomic mass is 32.1. The minimum atomic E-state index is 0.520. The molecule has 1 aliphatic heterocycles. The Balaban J connectivity index is 1.36. The number of aryl methyl sites for hydroxylation is 1. The minimum Gasteiger partial charge on any atom is -0.359 e. The van der Waals surface area contributed by atoms with E-state index < -0.39 is 0 Å². The lowest BCUT2D eigenvalue weighted by molar-refractivity contribution is 0.522. The SMILES string of the molecule is Cc1csc(NC2CCN(c3ccnc(C4CC4)n3)CC2)n1. The molecule has 0 radical (unpaired) electrons. The molecule has 2 aromatic heterocycles. The predicted octanol–water partition coefficient (Wildman–Crippen LogP) is 3.20. The van der Waals surface area contributed by atoms with E-state index in [0.29, 0.717) is 12.0 Å². The fraction of sp³-hybridized carbons (Fsp3) is 0.562. The van der Waals surface area contributed by atoms with Crippen molar-refractivity contribution >= 4 is 22.3 Å². The Morgan fingerprint density at radius 3 is 2.68 bits per heavy atom. The maximum absolute atomic E-state index is 4.75. The molecule has 2 fully saturated rings. The molecule has 1 aliphatic carbocycles. The molecule has 0 unspecified atom stereocenters. The molecule has 0 spiro atoms. The van der Waals surface area contributed by atoms with E-state index in [1.54, 1.807) is 11.3 Å². The molecule has 0 amide bonds. The van der Waals surface area contributed by atoms with E-state index >= 15 is 0 Å². The molecule has 1 saturated carbocycles. The molecule has 0 atom stereocenters. The Morgan fingerprint density at radius 1 is 1.18 bits per heavy atom. The lowest BCUT2D eigenvalue weighted by Gasteiger charge is -2.33. The van der Waals surface area contributed by atoms with Crippen LogP contribution in [0, 0.1) is 6.92 Å². The Bertz CT molecular complexity index is 643. The summed E-state index contributed by atoms with van der Waals surface area (Å²) in [6, 6.07) is 2.57. The van der Waals surface area contributed by atoms with E-state index in [0.717, 1.165) is 48.4 Å². The zero-order chi connectivity index (χ0) is 14.9. The molecular formula is C16H21N5S. The van der Waals surface area contributed by atoms with Gasteiger partial charge in [0.25, 0.3) is 0 Å². The van der Waals surface area contributed by atoms with Crippen LogP contribution in [-0.2, 0) is 0 Å². The van der Waals surface area contributed by atoms with E-state index in [2.05, 4.69) is 25.6 Å². The van der Waals surface area contributed by atoms with Crippen LogP contribution in [0.3, 0.4) is 0 Å². The van der Waals surface area contributed by atoms with Crippen LogP contribution in [0.15, 0.2) is 17.6 Å². The van der Waals surface area contributed by atoms with Gasteiger partial charge in [-0.15, -0.1) is 11.3 Å². The van der Waals surface area contributed by atoms with Gasteiger partial charge in [0.2, 0.25) is 0 Å². The summed E-state index contributed by atoms with van der Waals surface area (Å²) in [5.74, 6) is 2.75. The third-order valence-electron chi connectivity index (χ3n) is 4.37. The lowest BCUT2D eigenvalue weighted by Crippen LogP contribution is -2.39. The lowest BCUT2D eigenvalue weighted by atomic mass is 10.1. The number of piperidine rings is 1. The molecule has 4 rings (SSSR count). The topological polar surface area (TPSA) is 53.9 Å². The van der Waals surface area contributed by atoms with E-state index in [9.17, 15) is 0 Å². The van der Waals surface area contributed by atoms with Gasteiger partial charge in [-0.05, 0) is 38.7 Å². The first-order valence-electron chi connectivity index (χ1n) is 8.04. The second-order valence-electron chi connectivity index (χ2n) is 6.25. The van der Waals surface area contributed by atoms with Gasteiger partial charge in [0.05, 0.1) is 5.69 Å². The van der Waals surface area contributed by atoms with Gasteiger partial charge in [-0.25, -0.2) is 15.0 Å². The van der Waals surface area contributed by atoms with Crippen molar-refractivity contribution in [2.24, 2.45) is 0 Å². The summed E-state index contributed by atoms with van der Waals surface area (Å²) < 4.78 is 0. The van der Waals surface area contributed by atoms with Crippen LogP contribution in [0.1, 0.15) is 43.1 Å². The number of hydrogen-bond acceptors (Lipinski definition) is 6. The highest BCUT2D eigenvalue weighted by Gasteiger charge is 2.27. The average molecular weight is 315 g/mol. The molecule has 116 valence electrons. The number of thiazole rings is 1. The number of rotatable bonds is 4. The standard InChI is InChI=1S/C16H21N5S/c1-11-10-22-16(18-11)19-13-5-8-21(9-6-13)14-4-7-17-15(20-14)12-2-3-12/h4,7,10,12-13H,2-3,5-6,8-9H2,1H3,(H,18,19). The van der Waals surface area contributed by atoms with Crippen LogP contribution in [0.2, 0.25) is 0 Å². The zero-order valence-electron chi connectivity index (χ0n) is 12.8. The van der Waals surface area contributed by atoms with Crippen LogP contribution >= 0.6 is 11.3 Å². The maximum atomic E-state index is 4.75. The fourth-order valence-electron chi connectivity index (χ4n) is 2.93. The molecule has 0 bridgehead atoms. The van der Waals surface area contributed by atoms with Gasteiger partial charge in [-0.3, -0.25) is 0 Å². The van der Waals surface area contributed by atoms with Crippen LogP contribution in [-0.4, -0.2) is 34.1 Å². The first kappa shape index (κ1) is 13.9. The van der Waals surface area contributed by atoms with Gasteiger partial charge in [0, 0.05) is 36.6 Å². The number of nitrogens with zero attached hydrogens (tertiary/aromatic N) is 4. The van der Waals surface area contributed by atoms with E-state index in [-0.39, 0.29) is 0 Å². The van der Waals surface area contributed by atoms with Crippen molar-refractivity contribution in [3.63, 3.8) is 0 Å². The fourth-order valence-corrected chi connectivity index (χ4v) is 3.69. The molecule has 6 heteroatoms. The summed E-state index contributed by atoms with van der Waals surface area (Å²) in [5, 5.41) is 6.71. The van der Waals surface area contributed by atoms with Gasteiger partial charge in [-0.1, -0.05) is 0 Å². The zero-order valence-corrected chi connectivity index (χ0v) is 13.6. The second kappa shape index (κ2) is 5.83. The van der Waals surface area contributed by atoms with Crippen molar-refractivity contribution in [2.75, 3.05) is 23.3 Å². The molecule has 0 aromatic carbocycles. The molecule has 1 saturated heterocycles. The summed E-state index contributed by atoms with van der Waals surface area (Å²) in [6.07, 6.45) is 6.67. The van der Waals surface area contributed by atoms with Crippen molar-refractivity contribution in [3.05, 3.63) is 29.2 Å². The average Bonchev–Trinajstić information content (AvgIpc) is 3.32. The van der Waals surface area contributed by atoms with Crippen molar-refractivity contribution in [1.82, 2.24) is 15.0 Å². The van der Waals surface area contributed by atoms with Gasteiger partial charge in [0.1, 0.15) is 11.6 Å². The van der Waals surface area contributed by atoms with Gasteiger partial charge in [0.15, 0.2) is 5.13 Å². The Labute approximate surface area is 134 Å². The van der Waals surface area contributed by atoms with Gasteiger partial charge < -0.3 is 10.2 Å². The summed E-state index contributed by atoms with van der Waals surface area (Å²) >= 11 is 1.70. The first-order chi connectivity index (χ1) is 10.8. The Morgan fingerprint density at radius 2 is 2.00 bits per heavy atom. The third-order valence-corrected chi connectivity index (χ3v) is 5.26. The summed E-state index contributed by atoms with van der Waals surface area (Å²) in [4.78, 5) is 16.0. The number of anilines is 2. The molecular weight excluding hydrogens is 294 g/mol. The number of nitrogens with one attached hydrogen (secondary N) is 1. The molecule has 2 aliphatic rings. The Kier molecular flexibility index (Phi) is 3.70. The quantitative estimate of drug-likeness (QED) is 0.939. The number of aromatic nitrogens is 3. The molecule has 22 heavy (non-hydrogen) atoms. The van der Waals surface area contributed by atoms with Crippen molar-refractivity contribution in [1.29, 1.82) is 0 Å². The third kappa shape index (κ3) is 3.06. The van der Waals surface area contributed by atoms with Crippen LogP contribution < -0.4 is 10.2 Å². The van der Waals surface area contributed by atoms with E-state index in [1.165, 1.54) is 12.8 Å². The summed E-state index contributed by atoms with van der Waals surface area (Å²) in [5.41, 5.74) is 1.10. The van der Waals surface area contributed by atoms with Crippen LogP contribution in [0.25, 0.3) is 0 Å². The second-order valence-corrected chi connectivity index (χ2v) is 7.11. The predicted molar refractivity (Wildman–Crippen MR) is 89.7 cm³/mol. The number of hydrogen-bond donors (Lipinski definition) is 1. The van der Waals surface area contributed by atoms with E-state index in [4.69, 9.17) is 4.98 Å². The van der Waals surface area contributed by atoms with Crippen LogP contribution in [0.5, 0.6) is 0 Å². The van der Waals surface area contributed by atoms with Crippen molar-refractivity contribution in [2.45, 2.75) is 44.6 Å².